The van der Waals surface area contributed by atoms with Crippen LogP contribution in [0.5, 0.6) is 0 Å². The second kappa shape index (κ2) is 6.70. The van der Waals surface area contributed by atoms with Crippen molar-refractivity contribution in [2.24, 2.45) is 5.73 Å². The Kier molecular flexibility index (Phi) is 4.66. The van der Waals surface area contributed by atoms with Crippen molar-refractivity contribution in [1.29, 1.82) is 0 Å². The number of ether oxygens (including phenoxy) is 1. The van der Waals surface area contributed by atoms with E-state index in [1.807, 2.05) is 25.1 Å². The molecule has 1 fully saturated rings. The molecule has 23 heavy (non-hydrogen) atoms. The zero-order chi connectivity index (χ0) is 16.4. The Morgan fingerprint density at radius 1 is 1.48 bits per heavy atom. The number of rotatable bonds is 4. The first-order valence-electron chi connectivity index (χ1n) is 7.39. The topological polar surface area (TPSA) is 81.6 Å². The Bertz CT molecular complexity index is 716. The van der Waals surface area contributed by atoms with Gasteiger partial charge in [-0.1, -0.05) is 23.7 Å². The zero-order valence-corrected chi connectivity index (χ0v) is 13.5. The van der Waals surface area contributed by atoms with Crippen molar-refractivity contribution in [2.45, 2.75) is 19.6 Å². The SMILES string of the molecule is Cc1oc(-c2ccccc2Cl)nc1CN1CCO[C@H](C(N)=O)C1. The summed E-state index contributed by atoms with van der Waals surface area (Å²) < 4.78 is 11.1. The molecule has 1 amide bonds. The molecule has 0 aliphatic carbocycles. The Balaban J connectivity index is 1.77. The largest absolute Gasteiger partial charge is 0.441 e. The first kappa shape index (κ1) is 16.0. The van der Waals surface area contributed by atoms with Crippen LogP contribution in [0.25, 0.3) is 11.5 Å². The van der Waals surface area contributed by atoms with Gasteiger partial charge in [0.2, 0.25) is 11.8 Å². The Morgan fingerprint density at radius 3 is 3.00 bits per heavy atom. The lowest BCUT2D eigenvalue weighted by Crippen LogP contribution is -2.48. The maximum atomic E-state index is 11.3. The Hall–Kier alpha value is -1.89. The highest BCUT2D eigenvalue weighted by atomic mass is 35.5. The number of carbonyl (C=O) groups is 1. The molecule has 1 aromatic heterocycles. The van der Waals surface area contributed by atoms with Gasteiger partial charge in [-0.05, 0) is 19.1 Å². The molecule has 6 nitrogen and oxygen atoms in total. The summed E-state index contributed by atoms with van der Waals surface area (Å²) in [6.45, 7) is 4.10. The molecule has 0 unspecified atom stereocenters. The van der Waals surface area contributed by atoms with Crippen molar-refractivity contribution in [3.05, 3.63) is 40.7 Å². The predicted octanol–water partition coefficient (Wildman–Crippen LogP) is 1.99. The monoisotopic (exact) mass is 335 g/mol. The predicted molar refractivity (Wildman–Crippen MR) is 85.9 cm³/mol. The fourth-order valence-electron chi connectivity index (χ4n) is 2.55. The molecule has 1 saturated heterocycles. The minimum Gasteiger partial charge on any atom is -0.441 e. The third-order valence-electron chi connectivity index (χ3n) is 3.84. The summed E-state index contributed by atoms with van der Waals surface area (Å²) in [6.07, 6.45) is -0.570. The van der Waals surface area contributed by atoms with E-state index >= 15 is 0 Å². The summed E-state index contributed by atoms with van der Waals surface area (Å²) in [5.41, 5.74) is 6.90. The minimum absolute atomic E-state index is 0.441. The van der Waals surface area contributed by atoms with Crippen LogP contribution in [0.4, 0.5) is 0 Å². The van der Waals surface area contributed by atoms with E-state index < -0.39 is 12.0 Å². The molecule has 0 bridgehead atoms. The lowest BCUT2D eigenvalue weighted by atomic mass is 10.2. The van der Waals surface area contributed by atoms with Gasteiger partial charge in [-0.25, -0.2) is 4.98 Å². The van der Waals surface area contributed by atoms with Gasteiger partial charge in [-0.3, -0.25) is 9.69 Å². The van der Waals surface area contributed by atoms with Crippen molar-refractivity contribution in [2.75, 3.05) is 19.7 Å². The van der Waals surface area contributed by atoms with Gasteiger partial charge >= 0.3 is 0 Å². The van der Waals surface area contributed by atoms with Gasteiger partial charge in [0.05, 0.1) is 22.9 Å². The third-order valence-corrected chi connectivity index (χ3v) is 4.17. The van der Waals surface area contributed by atoms with Crippen LogP contribution >= 0.6 is 11.6 Å². The molecule has 1 atom stereocenters. The molecule has 2 heterocycles. The molecule has 7 heteroatoms. The maximum Gasteiger partial charge on any atom is 0.247 e. The number of aryl methyl sites for hydroxylation is 1. The molecule has 0 saturated carbocycles. The second-order valence-corrected chi connectivity index (χ2v) is 5.91. The standard InChI is InChI=1S/C16H18ClN3O3/c1-10-13(8-20-6-7-22-14(9-20)15(18)21)19-16(23-10)11-4-2-3-5-12(11)17/h2-5,14H,6-9H2,1H3,(H2,18,21)/t14-/m0/s1. The number of hydrogen-bond donors (Lipinski definition) is 1. The maximum absolute atomic E-state index is 11.3. The number of carbonyl (C=O) groups excluding carboxylic acids is 1. The van der Waals surface area contributed by atoms with Crippen molar-refractivity contribution in [3.8, 4) is 11.5 Å². The fourth-order valence-corrected chi connectivity index (χ4v) is 2.77. The van der Waals surface area contributed by atoms with Crippen LogP contribution in [0.1, 0.15) is 11.5 Å². The van der Waals surface area contributed by atoms with Crippen LogP contribution in [0, 0.1) is 6.92 Å². The molecule has 1 aromatic carbocycles. The van der Waals surface area contributed by atoms with Crippen LogP contribution in [0.3, 0.4) is 0 Å². The van der Waals surface area contributed by atoms with Crippen LogP contribution in [-0.2, 0) is 16.1 Å². The number of aromatic nitrogens is 1. The van der Waals surface area contributed by atoms with E-state index in [0.29, 0.717) is 30.6 Å². The van der Waals surface area contributed by atoms with E-state index in [0.717, 1.165) is 23.6 Å². The molecular weight excluding hydrogens is 318 g/mol. The molecule has 1 aliphatic heterocycles. The van der Waals surface area contributed by atoms with Gasteiger partial charge in [0, 0.05) is 19.6 Å². The van der Waals surface area contributed by atoms with Gasteiger partial charge in [0.15, 0.2) is 0 Å². The minimum atomic E-state index is -0.570. The van der Waals surface area contributed by atoms with E-state index in [1.165, 1.54) is 0 Å². The van der Waals surface area contributed by atoms with Crippen molar-refractivity contribution in [1.82, 2.24) is 9.88 Å². The molecule has 0 spiro atoms. The fraction of sp³-hybridized carbons (Fsp3) is 0.375. The van der Waals surface area contributed by atoms with Gasteiger partial charge in [0.25, 0.3) is 0 Å². The van der Waals surface area contributed by atoms with Crippen LogP contribution < -0.4 is 5.73 Å². The number of morpholine rings is 1. The first-order valence-corrected chi connectivity index (χ1v) is 7.77. The molecular formula is C16H18ClN3O3. The molecule has 3 rings (SSSR count). The Labute approximate surface area is 139 Å². The van der Waals surface area contributed by atoms with Gasteiger partial charge in [0.1, 0.15) is 11.9 Å². The van der Waals surface area contributed by atoms with Crippen molar-refractivity contribution < 1.29 is 13.9 Å². The van der Waals surface area contributed by atoms with Crippen LogP contribution in [-0.4, -0.2) is 41.6 Å². The molecule has 1 aliphatic rings. The van der Waals surface area contributed by atoms with Gasteiger partial charge < -0.3 is 14.9 Å². The smallest absolute Gasteiger partial charge is 0.247 e. The zero-order valence-electron chi connectivity index (χ0n) is 12.8. The number of amides is 1. The Morgan fingerprint density at radius 2 is 2.26 bits per heavy atom. The number of benzene rings is 1. The number of halogens is 1. The van der Waals surface area contributed by atoms with E-state index in [9.17, 15) is 4.79 Å². The number of primary amides is 1. The van der Waals surface area contributed by atoms with E-state index in [-0.39, 0.29) is 0 Å². The van der Waals surface area contributed by atoms with Crippen LogP contribution in [0.15, 0.2) is 28.7 Å². The quantitative estimate of drug-likeness (QED) is 0.924. The molecule has 0 radical (unpaired) electrons. The molecule has 122 valence electrons. The summed E-state index contributed by atoms with van der Waals surface area (Å²) >= 11 is 6.19. The number of nitrogens with zero attached hydrogens (tertiary/aromatic N) is 2. The third kappa shape index (κ3) is 3.55. The van der Waals surface area contributed by atoms with Gasteiger partial charge in [-0.2, -0.15) is 0 Å². The summed E-state index contributed by atoms with van der Waals surface area (Å²) in [5.74, 6) is 0.799. The normalized spacial score (nSPS) is 19.0. The first-order chi connectivity index (χ1) is 11.0. The lowest BCUT2D eigenvalue weighted by Gasteiger charge is -2.30. The average molecular weight is 336 g/mol. The van der Waals surface area contributed by atoms with Crippen molar-refractivity contribution >= 4 is 17.5 Å². The molecule has 2 aromatic rings. The van der Waals surface area contributed by atoms with Crippen LogP contribution in [0.2, 0.25) is 5.02 Å². The van der Waals surface area contributed by atoms with E-state index in [2.05, 4.69) is 9.88 Å². The highest BCUT2D eigenvalue weighted by Gasteiger charge is 2.26. The molecule has 2 N–H and O–H groups in total. The van der Waals surface area contributed by atoms with Gasteiger partial charge in [-0.15, -0.1) is 0 Å². The highest BCUT2D eigenvalue weighted by Crippen LogP contribution is 2.28. The van der Waals surface area contributed by atoms with Crippen molar-refractivity contribution in [3.63, 3.8) is 0 Å². The summed E-state index contributed by atoms with van der Waals surface area (Å²) in [7, 11) is 0. The number of nitrogens with two attached hydrogens (primary N) is 1. The summed E-state index contributed by atoms with van der Waals surface area (Å²) in [5, 5.41) is 0.598. The van der Waals surface area contributed by atoms with E-state index in [4.69, 9.17) is 26.5 Å². The summed E-state index contributed by atoms with van der Waals surface area (Å²) in [4.78, 5) is 17.9. The number of oxazole rings is 1. The highest BCUT2D eigenvalue weighted by molar-refractivity contribution is 6.33. The second-order valence-electron chi connectivity index (χ2n) is 5.50. The lowest BCUT2D eigenvalue weighted by molar-refractivity contribution is -0.135. The summed E-state index contributed by atoms with van der Waals surface area (Å²) in [6, 6.07) is 7.42. The average Bonchev–Trinajstić information content (AvgIpc) is 2.89. The number of hydrogen-bond acceptors (Lipinski definition) is 5. The van der Waals surface area contributed by atoms with E-state index in [1.54, 1.807) is 6.07 Å².